The van der Waals surface area contributed by atoms with Crippen molar-refractivity contribution in [1.82, 2.24) is 9.78 Å². The Labute approximate surface area is 192 Å². The third-order valence-electron chi connectivity index (χ3n) is 4.48. The molecule has 1 heterocycles. The number of para-hydroxylation sites is 1. The standard InChI is InChI=1S/C23H16ClN3O4S/c1-15-21(32-20-12-10-17(24)11-13-20)22(26(25-15)18-7-3-2-4-8-18)31-23(28)16-6-5-9-19(14-16)27(29)30/h2-14H,1H3. The van der Waals surface area contributed by atoms with Crippen LogP contribution in [0.5, 0.6) is 5.88 Å². The number of aromatic nitrogens is 2. The van der Waals surface area contributed by atoms with Crippen LogP contribution in [0.3, 0.4) is 0 Å². The van der Waals surface area contributed by atoms with Gasteiger partial charge in [0, 0.05) is 22.1 Å². The number of esters is 1. The highest BCUT2D eigenvalue weighted by molar-refractivity contribution is 7.99. The molecule has 0 saturated carbocycles. The van der Waals surface area contributed by atoms with Gasteiger partial charge in [0.2, 0.25) is 5.88 Å². The van der Waals surface area contributed by atoms with Gasteiger partial charge in [0.25, 0.3) is 5.69 Å². The minimum atomic E-state index is -0.719. The topological polar surface area (TPSA) is 87.3 Å². The zero-order chi connectivity index (χ0) is 22.7. The van der Waals surface area contributed by atoms with Gasteiger partial charge >= 0.3 is 5.97 Å². The molecule has 0 amide bonds. The van der Waals surface area contributed by atoms with E-state index in [9.17, 15) is 14.9 Å². The Bertz CT molecular complexity index is 1290. The zero-order valence-electron chi connectivity index (χ0n) is 16.8. The van der Waals surface area contributed by atoms with Crippen LogP contribution in [0.2, 0.25) is 5.02 Å². The lowest BCUT2D eigenvalue weighted by atomic mass is 10.2. The molecule has 4 rings (SSSR count). The van der Waals surface area contributed by atoms with Crippen molar-refractivity contribution in [3.05, 3.63) is 105 Å². The number of nitro groups is 1. The van der Waals surface area contributed by atoms with Crippen LogP contribution in [0.1, 0.15) is 16.1 Å². The number of rotatable bonds is 6. The van der Waals surface area contributed by atoms with Crippen molar-refractivity contribution in [2.75, 3.05) is 0 Å². The maximum Gasteiger partial charge on any atom is 0.345 e. The van der Waals surface area contributed by atoms with Crippen molar-refractivity contribution in [2.24, 2.45) is 0 Å². The van der Waals surface area contributed by atoms with E-state index in [-0.39, 0.29) is 17.1 Å². The van der Waals surface area contributed by atoms with Crippen LogP contribution in [-0.4, -0.2) is 20.7 Å². The quantitative estimate of drug-likeness (QED) is 0.194. The lowest BCUT2D eigenvalue weighted by Crippen LogP contribution is -2.12. The molecule has 4 aromatic rings. The highest BCUT2D eigenvalue weighted by Crippen LogP contribution is 2.39. The summed E-state index contributed by atoms with van der Waals surface area (Å²) < 4.78 is 7.31. The molecule has 0 spiro atoms. The van der Waals surface area contributed by atoms with Gasteiger partial charge in [0.15, 0.2) is 0 Å². The monoisotopic (exact) mass is 465 g/mol. The number of carbonyl (C=O) groups excluding carboxylic acids is 1. The van der Waals surface area contributed by atoms with E-state index < -0.39 is 10.9 Å². The van der Waals surface area contributed by atoms with Crippen LogP contribution in [0.25, 0.3) is 5.69 Å². The molecule has 0 fully saturated rings. The van der Waals surface area contributed by atoms with Gasteiger partial charge in [0.1, 0.15) is 0 Å². The maximum absolute atomic E-state index is 12.9. The number of non-ortho nitro benzene ring substituents is 1. The maximum atomic E-state index is 12.9. The molecule has 0 saturated heterocycles. The van der Waals surface area contributed by atoms with Crippen molar-refractivity contribution in [2.45, 2.75) is 16.7 Å². The fourth-order valence-corrected chi connectivity index (χ4v) is 3.99. The summed E-state index contributed by atoms with van der Waals surface area (Å²) in [4.78, 5) is 25.0. The van der Waals surface area contributed by atoms with E-state index >= 15 is 0 Å². The molecule has 32 heavy (non-hydrogen) atoms. The van der Waals surface area contributed by atoms with Crippen molar-refractivity contribution >= 4 is 35.0 Å². The third-order valence-corrected chi connectivity index (χ3v) is 5.92. The van der Waals surface area contributed by atoms with Gasteiger partial charge in [-0.2, -0.15) is 9.78 Å². The van der Waals surface area contributed by atoms with Crippen LogP contribution < -0.4 is 4.74 Å². The highest BCUT2D eigenvalue weighted by atomic mass is 35.5. The average molecular weight is 466 g/mol. The number of nitrogens with zero attached hydrogens (tertiary/aromatic N) is 3. The van der Waals surface area contributed by atoms with Gasteiger partial charge < -0.3 is 4.74 Å². The molecule has 0 unspecified atom stereocenters. The minimum Gasteiger partial charge on any atom is -0.402 e. The number of hydrogen-bond donors (Lipinski definition) is 0. The molecule has 0 N–H and O–H groups in total. The van der Waals surface area contributed by atoms with Gasteiger partial charge in [-0.15, -0.1) is 0 Å². The number of benzene rings is 3. The van der Waals surface area contributed by atoms with Gasteiger partial charge in [0.05, 0.1) is 26.8 Å². The number of halogens is 1. The van der Waals surface area contributed by atoms with E-state index in [0.29, 0.717) is 21.3 Å². The molecule has 0 radical (unpaired) electrons. The van der Waals surface area contributed by atoms with E-state index in [2.05, 4.69) is 5.10 Å². The minimum absolute atomic E-state index is 0.0695. The van der Waals surface area contributed by atoms with Crippen LogP contribution in [0.15, 0.2) is 88.7 Å². The summed E-state index contributed by atoms with van der Waals surface area (Å²) in [6.45, 7) is 1.82. The normalized spacial score (nSPS) is 10.7. The first-order valence-electron chi connectivity index (χ1n) is 9.47. The second kappa shape index (κ2) is 9.25. The first-order valence-corrected chi connectivity index (χ1v) is 10.7. The molecular formula is C23H16ClN3O4S. The molecule has 9 heteroatoms. The Morgan fingerprint density at radius 2 is 1.78 bits per heavy atom. The Morgan fingerprint density at radius 1 is 1.06 bits per heavy atom. The summed E-state index contributed by atoms with van der Waals surface area (Å²) in [5.74, 6) is -0.492. The molecule has 7 nitrogen and oxygen atoms in total. The van der Waals surface area contributed by atoms with Crippen molar-refractivity contribution in [1.29, 1.82) is 0 Å². The largest absolute Gasteiger partial charge is 0.402 e. The molecule has 0 aliphatic rings. The fourth-order valence-electron chi connectivity index (χ4n) is 2.96. The summed E-state index contributed by atoms with van der Waals surface area (Å²) in [6.07, 6.45) is 0. The molecule has 3 aromatic carbocycles. The summed E-state index contributed by atoms with van der Waals surface area (Å²) in [5.41, 5.74) is 1.25. The van der Waals surface area contributed by atoms with E-state index in [1.807, 2.05) is 49.4 Å². The van der Waals surface area contributed by atoms with E-state index in [1.54, 1.807) is 16.8 Å². The van der Waals surface area contributed by atoms with Gasteiger partial charge in [-0.3, -0.25) is 10.1 Å². The number of aryl methyl sites for hydroxylation is 1. The predicted molar refractivity (Wildman–Crippen MR) is 122 cm³/mol. The predicted octanol–water partition coefficient (Wildman–Crippen LogP) is 6.11. The summed E-state index contributed by atoms with van der Waals surface area (Å²) >= 11 is 7.37. The number of hydrogen-bond acceptors (Lipinski definition) is 6. The first-order chi connectivity index (χ1) is 15.4. The Kier molecular flexibility index (Phi) is 6.25. The molecule has 0 aliphatic heterocycles. The zero-order valence-corrected chi connectivity index (χ0v) is 18.3. The number of carbonyl (C=O) groups is 1. The lowest BCUT2D eigenvalue weighted by molar-refractivity contribution is -0.384. The molecule has 0 aliphatic carbocycles. The number of ether oxygens (including phenoxy) is 1. The second-order valence-electron chi connectivity index (χ2n) is 6.72. The average Bonchev–Trinajstić information content (AvgIpc) is 3.11. The summed E-state index contributed by atoms with van der Waals surface area (Å²) in [6, 6.07) is 21.9. The SMILES string of the molecule is Cc1nn(-c2ccccc2)c(OC(=O)c2cccc([N+](=O)[O-])c2)c1Sc1ccc(Cl)cc1. The fraction of sp³-hybridized carbons (Fsp3) is 0.0435. The smallest absolute Gasteiger partial charge is 0.345 e. The first kappa shape index (κ1) is 21.6. The van der Waals surface area contributed by atoms with Gasteiger partial charge in [-0.05, 0) is 49.4 Å². The van der Waals surface area contributed by atoms with Crippen LogP contribution >= 0.6 is 23.4 Å². The highest BCUT2D eigenvalue weighted by Gasteiger charge is 2.23. The Hall–Kier alpha value is -3.62. The molecule has 0 atom stereocenters. The third kappa shape index (κ3) is 4.66. The summed E-state index contributed by atoms with van der Waals surface area (Å²) in [5, 5.41) is 16.3. The van der Waals surface area contributed by atoms with Crippen molar-refractivity contribution in [3.63, 3.8) is 0 Å². The lowest BCUT2D eigenvalue weighted by Gasteiger charge is -2.10. The van der Waals surface area contributed by atoms with Gasteiger partial charge in [-0.25, -0.2) is 4.79 Å². The Balaban J connectivity index is 1.75. The Morgan fingerprint density at radius 3 is 2.47 bits per heavy atom. The van der Waals surface area contributed by atoms with Crippen LogP contribution in [0, 0.1) is 17.0 Å². The molecule has 1 aromatic heterocycles. The van der Waals surface area contributed by atoms with Gasteiger partial charge in [-0.1, -0.05) is 47.6 Å². The van der Waals surface area contributed by atoms with E-state index in [0.717, 1.165) is 4.90 Å². The van der Waals surface area contributed by atoms with E-state index in [1.165, 1.54) is 36.0 Å². The summed E-state index contributed by atoms with van der Waals surface area (Å²) in [7, 11) is 0. The molecule has 160 valence electrons. The number of nitro benzene ring substituents is 1. The second-order valence-corrected chi connectivity index (χ2v) is 8.24. The molecule has 0 bridgehead atoms. The van der Waals surface area contributed by atoms with Crippen molar-refractivity contribution in [3.8, 4) is 11.6 Å². The van der Waals surface area contributed by atoms with E-state index in [4.69, 9.17) is 16.3 Å². The molecular weight excluding hydrogens is 450 g/mol. The van der Waals surface area contributed by atoms with Crippen LogP contribution in [-0.2, 0) is 0 Å². The van der Waals surface area contributed by atoms with Crippen molar-refractivity contribution < 1.29 is 14.5 Å². The van der Waals surface area contributed by atoms with Crippen LogP contribution in [0.4, 0.5) is 5.69 Å².